The molecular weight excluding hydrogens is 451 g/mol. The molecule has 0 aromatic heterocycles. The van der Waals surface area contributed by atoms with Crippen LogP contribution in [0.4, 0.5) is 22.0 Å². The molecule has 190 valence electrons. The summed E-state index contributed by atoms with van der Waals surface area (Å²) in [5, 5.41) is 0. The first-order valence-electron chi connectivity index (χ1n) is 12.7. The minimum absolute atomic E-state index is 0.258. The maximum atomic E-state index is 14.6. The van der Waals surface area contributed by atoms with Crippen LogP contribution >= 0.6 is 0 Å². The van der Waals surface area contributed by atoms with Gasteiger partial charge in [-0.2, -0.15) is 8.78 Å². The van der Waals surface area contributed by atoms with Gasteiger partial charge in [-0.05, 0) is 87.9 Å². The van der Waals surface area contributed by atoms with Crippen molar-refractivity contribution >= 4 is 0 Å². The van der Waals surface area contributed by atoms with E-state index in [0.717, 1.165) is 19.4 Å². The molecular formula is C27H35F5O2. The fourth-order valence-corrected chi connectivity index (χ4v) is 5.78. The zero-order chi connectivity index (χ0) is 24.3. The molecule has 0 spiro atoms. The summed E-state index contributed by atoms with van der Waals surface area (Å²) in [5.74, 6) is -4.39. The number of rotatable bonds is 6. The molecule has 1 heterocycles. The van der Waals surface area contributed by atoms with Crippen LogP contribution in [-0.2, 0) is 4.74 Å². The number of benzene rings is 1. The lowest BCUT2D eigenvalue weighted by molar-refractivity contribution is -0.223. The fraction of sp³-hybridized carbons (Fsp3) is 0.704. The van der Waals surface area contributed by atoms with Gasteiger partial charge in [0, 0.05) is 18.7 Å². The van der Waals surface area contributed by atoms with Gasteiger partial charge in [0.1, 0.15) is 5.75 Å². The molecule has 0 N–H and O–H groups in total. The molecule has 4 rings (SSSR count). The molecule has 0 bridgehead atoms. The van der Waals surface area contributed by atoms with E-state index in [0.29, 0.717) is 48.8 Å². The highest BCUT2D eigenvalue weighted by molar-refractivity contribution is 5.25. The summed E-state index contributed by atoms with van der Waals surface area (Å²) >= 11 is 0. The van der Waals surface area contributed by atoms with Crippen molar-refractivity contribution in [3.63, 3.8) is 0 Å². The molecule has 0 radical (unpaired) electrons. The third-order valence-corrected chi connectivity index (χ3v) is 7.99. The summed E-state index contributed by atoms with van der Waals surface area (Å²) < 4.78 is 79.6. The second-order valence-electron chi connectivity index (χ2n) is 10.6. The number of hydrogen-bond donors (Lipinski definition) is 0. The lowest BCUT2D eigenvalue weighted by Crippen LogP contribution is -2.37. The lowest BCUT2D eigenvalue weighted by Gasteiger charge is -2.36. The van der Waals surface area contributed by atoms with Crippen LogP contribution in [-0.4, -0.2) is 18.8 Å². The summed E-state index contributed by atoms with van der Waals surface area (Å²) in [6.45, 7) is 3.13. The third kappa shape index (κ3) is 6.32. The molecule has 1 aromatic carbocycles. The van der Waals surface area contributed by atoms with Crippen LogP contribution in [0.2, 0.25) is 0 Å². The van der Waals surface area contributed by atoms with Gasteiger partial charge in [0.2, 0.25) is 0 Å². The van der Waals surface area contributed by atoms with Crippen molar-refractivity contribution in [2.75, 3.05) is 6.61 Å². The molecule has 2 atom stereocenters. The molecule has 3 fully saturated rings. The van der Waals surface area contributed by atoms with Crippen LogP contribution in [0.5, 0.6) is 5.75 Å². The zero-order valence-corrected chi connectivity index (χ0v) is 19.8. The predicted octanol–water partition coefficient (Wildman–Crippen LogP) is 8.06. The average molecular weight is 487 g/mol. The summed E-state index contributed by atoms with van der Waals surface area (Å²) in [6, 6.07) is 0.909. The largest absolute Gasteiger partial charge is 0.432 e. The minimum atomic E-state index is -3.57. The fourth-order valence-electron chi connectivity index (χ4n) is 5.78. The lowest BCUT2D eigenvalue weighted by atomic mass is 9.76. The van der Waals surface area contributed by atoms with E-state index in [4.69, 9.17) is 4.74 Å². The van der Waals surface area contributed by atoms with Crippen molar-refractivity contribution in [1.82, 2.24) is 0 Å². The predicted molar refractivity (Wildman–Crippen MR) is 120 cm³/mol. The van der Waals surface area contributed by atoms with Crippen molar-refractivity contribution in [3.8, 4) is 5.75 Å². The van der Waals surface area contributed by atoms with E-state index in [2.05, 4.69) is 23.8 Å². The molecule has 2 unspecified atom stereocenters. The minimum Gasteiger partial charge on any atom is -0.432 e. The van der Waals surface area contributed by atoms with Crippen LogP contribution in [0.1, 0.15) is 71.1 Å². The second-order valence-corrected chi connectivity index (χ2v) is 10.6. The highest BCUT2D eigenvalue weighted by atomic mass is 19.3. The maximum Gasteiger partial charge on any atom is 0.400 e. The first-order valence-corrected chi connectivity index (χ1v) is 12.7. The van der Waals surface area contributed by atoms with E-state index in [9.17, 15) is 22.0 Å². The Labute approximate surface area is 198 Å². The smallest absolute Gasteiger partial charge is 0.400 e. The van der Waals surface area contributed by atoms with E-state index in [-0.39, 0.29) is 18.8 Å². The van der Waals surface area contributed by atoms with Crippen molar-refractivity contribution < 1.29 is 31.4 Å². The molecule has 7 heteroatoms. The highest BCUT2D eigenvalue weighted by Crippen LogP contribution is 2.41. The first kappa shape index (κ1) is 25.5. The molecule has 2 saturated carbocycles. The zero-order valence-electron chi connectivity index (χ0n) is 19.8. The first-order chi connectivity index (χ1) is 16.2. The number of halogens is 5. The molecule has 1 saturated heterocycles. The Morgan fingerprint density at radius 2 is 1.38 bits per heavy atom. The monoisotopic (exact) mass is 486 g/mol. The molecule has 3 aliphatic rings. The Bertz CT molecular complexity index is 810. The SMILES string of the molecule is CC1CCC(C2CCC(/C=C/C3CCC(C(F)(F)Oc4cc(F)c(F)c(F)c4)CC3)CC2)OC1. The van der Waals surface area contributed by atoms with E-state index in [1.165, 1.54) is 25.7 Å². The standard InChI is InChI=1S/C27H35F5O2/c1-17-2-13-25(33-16-17)20-9-5-18(6-10-20)3-4-19-7-11-21(12-8-19)27(31,32)34-22-14-23(28)26(30)24(29)15-22/h3-4,14-15,17-21,25H,2,5-13,16H2,1H3/b4-3+. The molecule has 34 heavy (non-hydrogen) atoms. The van der Waals surface area contributed by atoms with Gasteiger partial charge in [-0.3, -0.25) is 0 Å². The number of allylic oxidation sites excluding steroid dienone is 2. The third-order valence-electron chi connectivity index (χ3n) is 7.99. The van der Waals surface area contributed by atoms with Gasteiger partial charge >= 0.3 is 6.11 Å². The van der Waals surface area contributed by atoms with Crippen LogP contribution in [0.25, 0.3) is 0 Å². The number of alkyl halides is 2. The van der Waals surface area contributed by atoms with Gasteiger partial charge < -0.3 is 9.47 Å². The molecule has 2 aliphatic carbocycles. The van der Waals surface area contributed by atoms with Gasteiger partial charge in [-0.25, -0.2) is 13.2 Å². The Morgan fingerprint density at radius 1 is 0.824 bits per heavy atom. The van der Waals surface area contributed by atoms with Crippen LogP contribution in [0.3, 0.4) is 0 Å². The molecule has 0 amide bonds. The average Bonchev–Trinajstić information content (AvgIpc) is 2.82. The van der Waals surface area contributed by atoms with Crippen LogP contribution in [0, 0.1) is 47.0 Å². The summed E-state index contributed by atoms with van der Waals surface area (Å²) in [4.78, 5) is 0. The van der Waals surface area contributed by atoms with Gasteiger partial charge in [-0.15, -0.1) is 0 Å². The van der Waals surface area contributed by atoms with Gasteiger partial charge in [0.25, 0.3) is 0 Å². The van der Waals surface area contributed by atoms with Gasteiger partial charge in [-0.1, -0.05) is 19.1 Å². The second kappa shape index (κ2) is 11.0. The van der Waals surface area contributed by atoms with Crippen molar-refractivity contribution in [2.24, 2.45) is 29.6 Å². The van der Waals surface area contributed by atoms with Crippen LogP contribution in [0.15, 0.2) is 24.3 Å². The van der Waals surface area contributed by atoms with E-state index in [1.807, 2.05) is 0 Å². The van der Waals surface area contributed by atoms with E-state index in [1.54, 1.807) is 0 Å². The van der Waals surface area contributed by atoms with Crippen LogP contribution < -0.4 is 4.74 Å². The van der Waals surface area contributed by atoms with Crippen molar-refractivity contribution in [3.05, 3.63) is 41.7 Å². The quantitative estimate of drug-likeness (QED) is 0.230. The molecule has 2 nitrogen and oxygen atoms in total. The van der Waals surface area contributed by atoms with Gasteiger partial charge in [0.15, 0.2) is 17.5 Å². The van der Waals surface area contributed by atoms with E-state index >= 15 is 0 Å². The Balaban J connectivity index is 1.21. The Kier molecular flexibility index (Phi) is 8.21. The van der Waals surface area contributed by atoms with Crippen molar-refractivity contribution in [2.45, 2.75) is 83.3 Å². The summed E-state index contributed by atoms with van der Waals surface area (Å²) in [6.07, 6.45) is 10.2. The number of hydrogen-bond acceptors (Lipinski definition) is 2. The molecule has 1 aromatic rings. The summed E-state index contributed by atoms with van der Waals surface area (Å²) in [7, 11) is 0. The summed E-state index contributed by atoms with van der Waals surface area (Å²) in [5.41, 5.74) is 0. The maximum absolute atomic E-state index is 14.6. The Morgan fingerprint density at radius 3 is 1.91 bits per heavy atom. The highest BCUT2D eigenvalue weighted by Gasteiger charge is 2.44. The van der Waals surface area contributed by atoms with E-state index < -0.39 is 35.2 Å². The number of ether oxygens (including phenoxy) is 2. The topological polar surface area (TPSA) is 18.5 Å². The normalized spacial score (nSPS) is 33.2. The van der Waals surface area contributed by atoms with Crippen molar-refractivity contribution in [1.29, 1.82) is 0 Å². The molecule has 1 aliphatic heterocycles. The Hall–Kier alpha value is -1.63. The van der Waals surface area contributed by atoms with Gasteiger partial charge in [0.05, 0.1) is 12.0 Å².